The van der Waals surface area contributed by atoms with Crippen LogP contribution in [0.25, 0.3) is 0 Å². The van der Waals surface area contributed by atoms with Gasteiger partial charge in [-0.25, -0.2) is 12.7 Å². The molecule has 1 fully saturated rings. The number of nitrogens with zero attached hydrogens (tertiary/aromatic N) is 4. The predicted molar refractivity (Wildman–Crippen MR) is 113 cm³/mol. The number of halogens is 1. The molecule has 2 aromatic rings. The van der Waals surface area contributed by atoms with Crippen LogP contribution in [0.1, 0.15) is 5.56 Å². The van der Waals surface area contributed by atoms with Crippen molar-refractivity contribution in [3.8, 4) is 0 Å². The molecule has 0 bridgehead atoms. The van der Waals surface area contributed by atoms with Gasteiger partial charge in [0, 0.05) is 26.2 Å². The van der Waals surface area contributed by atoms with Crippen molar-refractivity contribution >= 4 is 33.3 Å². The zero-order chi connectivity index (χ0) is 19.7. The van der Waals surface area contributed by atoms with E-state index in [2.05, 4.69) is 14.8 Å². The van der Waals surface area contributed by atoms with Crippen LogP contribution in [0.5, 0.6) is 0 Å². The third-order valence-corrected chi connectivity index (χ3v) is 7.46. The summed E-state index contributed by atoms with van der Waals surface area (Å²) in [5, 5.41) is 0.734. The molecule has 0 radical (unpaired) electrons. The lowest BCUT2D eigenvalue weighted by molar-refractivity contribution is 0.358. The average molecular weight is 419 g/mol. The summed E-state index contributed by atoms with van der Waals surface area (Å²) in [7, 11) is -3.61. The molecule has 4 rings (SSSR count). The fraction of sp³-hybridized carbons (Fsp3) is 0.350. The minimum atomic E-state index is -3.61. The summed E-state index contributed by atoms with van der Waals surface area (Å²) >= 11 is 6.32. The number of piperazine rings is 1. The highest BCUT2D eigenvalue weighted by atomic mass is 35.5. The van der Waals surface area contributed by atoms with Crippen LogP contribution in [0.15, 0.2) is 58.4 Å². The first kappa shape index (κ1) is 19.1. The fourth-order valence-electron chi connectivity index (χ4n) is 3.73. The Balaban J connectivity index is 1.51. The molecule has 0 N–H and O–H groups in total. The molecule has 2 aliphatic heterocycles. The van der Waals surface area contributed by atoms with E-state index in [1.807, 2.05) is 43.3 Å². The zero-order valence-electron chi connectivity index (χ0n) is 15.8. The predicted octanol–water partition coefficient (Wildman–Crippen LogP) is 2.83. The van der Waals surface area contributed by atoms with Crippen LogP contribution in [0.2, 0.25) is 5.02 Å². The van der Waals surface area contributed by atoms with Gasteiger partial charge in [0.25, 0.3) is 10.0 Å². The molecular formula is C20H23ClN4O2S. The van der Waals surface area contributed by atoms with Gasteiger partial charge in [-0.2, -0.15) is 0 Å². The number of guanidine groups is 1. The minimum absolute atomic E-state index is 0.347. The van der Waals surface area contributed by atoms with E-state index in [0.29, 0.717) is 37.0 Å². The van der Waals surface area contributed by atoms with Crippen molar-refractivity contribution in [3.05, 3.63) is 59.1 Å². The second-order valence-corrected chi connectivity index (χ2v) is 9.19. The molecule has 2 aromatic carbocycles. The van der Waals surface area contributed by atoms with Gasteiger partial charge in [0.1, 0.15) is 0 Å². The van der Waals surface area contributed by atoms with E-state index in [-0.39, 0.29) is 0 Å². The Kier molecular flexibility index (Phi) is 5.21. The van der Waals surface area contributed by atoms with Crippen LogP contribution in [-0.2, 0) is 10.0 Å². The number of benzene rings is 2. The Hall–Kier alpha value is -2.25. The van der Waals surface area contributed by atoms with Crippen LogP contribution in [0, 0.1) is 6.92 Å². The summed E-state index contributed by atoms with van der Waals surface area (Å²) in [5.74, 6) is 0.557. The SMILES string of the molecule is Cc1ccccc1S(=O)(=O)N1CCN=C1N1CCN(c2ccccc2Cl)CC1. The van der Waals surface area contributed by atoms with Crippen LogP contribution in [0.3, 0.4) is 0 Å². The normalized spacial score (nSPS) is 17.8. The molecule has 0 unspecified atom stereocenters. The minimum Gasteiger partial charge on any atom is -0.367 e. The summed E-state index contributed by atoms with van der Waals surface area (Å²) < 4.78 is 27.9. The Bertz CT molecular complexity index is 1000. The molecule has 8 heteroatoms. The van der Waals surface area contributed by atoms with E-state index in [0.717, 1.165) is 29.4 Å². The lowest BCUT2D eigenvalue weighted by Crippen LogP contribution is -2.53. The molecule has 28 heavy (non-hydrogen) atoms. The quantitative estimate of drug-likeness (QED) is 0.769. The first-order valence-corrected chi connectivity index (χ1v) is 11.2. The van der Waals surface area contributed by atoms with Crippen molar-refractivity contribution in [3.63, 3.8) is 0 Å². The van der Waals surface area contributed by atoms with Gasteiger partial charge < -0.3 is 9.80 Å². The monoisotopic (exact) mass is 418 g/mol. The summed E-state index contributed by atoms with van der Waals surface area (Å²) in [6.45, 7) is 5.62. The van der Waals surface area contributed by atoms with E-state index >= 15 is 0 Å². The summed E-state index contributed by atoms with van der Waals surface area (Å²) in [6.07, 6.45) is 0. The van der Waals surface area contributed by atoms with Crippen LogP contribution in [-0.4, -0.2) is 62.9 Å². The van der Waals surface area contributed by atoms with Gasteiger partial charge in [0.2, 0.25) is 5.96 Å². The molecule has 0 aliphatic carbocycles. The van der Waals surface area contributed by atoms with E-state index in [4.69, 9.17) is 11.6 Å². The second-order valence-electron chi connectivity index (χ2n) is 6.95. The summed E-state index contributed by atoms with van der Waals surface area (Å²) in [6, 6.07) is 14.9. The van der Waals surface area contributed by atoms with E-state index < -0.39 is 10.0 Å². The van der Waals surface area contributed by atoms with Gasteiger partial charge in [-0.3, -0.25) is 4.99 Å². The van der Waals surface area contributed by atoms with Gasteiger partial charge in [-0.1, -0.05) is 41.9 Å². The highest BCUT2D eigenvalue weighted by Crippen LogP contribution is 2.27. The molecule has 2 heterocycles. The molecule has 0 aromatic heterocycles. The molecule has 2 aliphatic rings. The van der Waals surface area contributed by atoms with Crippen LogP contribution < -0.4 is 4.90 Å². The lowest BCUT2D eigenvalue weighted by Gasteiger charge is -2.39. The topological polar surface area (TPSA) is 56.2 Å². The maximum atomic E-state index is 13.2. The van der Waals surface area contributed by atoms with Crippen LogP contribution >= 0.6 is 11.6 Å². The van der Waals surface area contributed by atoms with Crippen molar-refractivity contribution in [1.82, 2.24) is 9.21 Å². The van der Waals surface area contributed by atoms with Gasteiger partial charge in [0.15, 0.2) is 0 Å². The van der Waals surface area contributed by atoms with Crippen molar-refractivity contribution in [1.29, 1.82) is 0 Å². The first-order chi connectivity index (χ1) is 13.5. The number of rotatable bonds is 3. The molecular weight excluding hydrogens is 396 g/mol. The van der Waals surface area contributed by atoms with Gasteiger partial charge in [0.05, 0.1) is 28.7 Å². The first-order valence-electron chi connectivity index (χ1n) is 9.36. The summed E-state index contributed by atoms with van der Waals surface area (Å²) in [4.78, 5) is 9.17. The zero-order valence-corrected chi connectivity index (χ0v) is 17.3. The largest absolute Gasteiger partial charge is 0.367 e. The number of anilines is 1. The van der Waals surface area contributed by atoms with E-state index in [1.54, 1.807) is 12.1 Å². The number of aliphatic imine (C=N–C) groups is 1. The molecule has 0 spiro atoms. The number of sulfonamides is 1. The maximum absolute atomic E-state index is 13.2. The van der Waals surface area contributed by atoms with E-state index in [1.165, 1.54) is 4.31 Å². The number of hydrogen-bond donors (Lipinski definition) is 0. The average Bonchev–Trinajstić information content (AvgIpc) is 3.20. The Morgan fingerprint density at radius 3 is 2.25 bits per heavy atom. The fourth-order valence-corrected chi connectivity index (χ4v) is 5.65. The van der Waals surface area contributed by atoms with Gasteiger partial charge >= 0.3 is 0 Å². The lowest BCUT2D eigenvalue weighted by atomic mass is 10.2. The molecule has 6 nitrogen and oxygen atoms in total. The smallest absolute Gasteiger partial charge is 0.266 e. The highest BCUT2D eigenvalue weighted by molar-refractivity contribution is 7.89. The van der Waals surface area contributed by atoms with Crippen LogP contribution in [0.4, 0.5) is 5.69 Å². The molecule has 0 atom stereocenters. The Labute approximate surface area is 171 Å². The molecule has 0 amide bonds. The third kappa shape index (κ3) is 3.44. The Morgan fingerprint density at radius 1 is 0.893 bits per heavy atom. The standard InChI is InChI=1S/C20H23ClN4O2S/c1-16-6-2-5-9-19(16)28(26,27)25-11-10-22-20(25)24-14-12-23(13-15-24)18-8-4-3-7-17(18)21/h2-9H,10-15H2,1H3. The van der Waals surface area contributed by atoms with Gasteiger partial charge in [-0.05, 0) is 30.7 Å². The maximum Gasteiger partial charge on any atom is 0.266 e. The molecule has 148 valence electrons. The third-order valence-electron chi connectivity index (χ3n) is 5.20. The number of para-hydroxylation sites is 1. The second kappa shape index (κ2) is 7.64. The van der Waals surface area contributed by atoms with E-state index in [9.17, 15) is 8.42 Å². The van der Waals surface area contributed by atoms with Gasteiger partial charge in [-0.15, -0.1) is 0 Å². The molecule has 0 saturated carbocycles. The number of hydrogen-bond acceptors (Lipinski definition) is 5. The van der Waals surface area contributed by atoms with Crippen molar-refractivity contribution in [2.75, 3.05) is 44.2 Å². The highest BCUT2D eigenvalue weighted by Gasteiger charge is 2.35. The summed E-state index contributed by atoms with van der Waals surface area (Å²) in [5.41, 5.74) is 1.76. The number of aryl methyl sites for hydroxylation is 1. The van der Waals surface area contributed by atoms with Crippen molar-refractivity contribution in [2.45, 2.75) is 11.8 Å². The van der Waals surface area contributed by atoms with Crippen molar-refractivity contribution in [2.24, 2.45) is 4.99 Å². The Morgan fingerprint density at radius 2 is 1.54 bits per heavy atom. The van der Waals surface area contributed by atoms with Crippen molar-refractivity contribution < 1.29 is 8.42 Å². The molecule has 1 saturated heterocycles.